The highest BCUT2D eigenvalue weighted by Crippen LogP contribution is 2.11. The SMILES string of the molecule is O=C(N[C@@H]1C=CS(=O)(=O)C1)c1cnc(-c2ccncc2)[nH]c1=O. The van der Waals surface area contributed by atoms with E-state index in [1.165, 1.54) is 6.08 Å². The second kappa shape index (κ2) is 5.76. The minimum atomic E-state index is -3.28. The van der Waals surface area contributed by atoms with E-state index >= 15 is 0 Å². The Morgan fingerprint density at radius 3 is 2.65 bits per heavy atom. The van der Waals surface area contributed by atoms with Gasteiger partial charge in [0.15, 0.2) is 9.84 Å². The zero-order chi connectivity index (χ0) is 16.4. The minimum absolute atomic E-state index is 0.180. The average molecular weight is 332 g/mol. The standard InChI is InChI=1S/C14H12N4O4S/c19-13(17-10-3-6-23(21,22)8-10)11-7-16-12(18-14(11)20)9-1-4-15-5-2-9/h1-7,10H,8H2,(H,17,19)(H,16,18,20)/t10-/m1/s1. The molecule has 0 aromatic carbocycles. The predicted molar refractivity (Wildman–Crippen MR) is 82.3 cm³/mol. The summed E-state index contributed by atoms with van der Waals surface area (Å²) >= 11 is 0. The number of rotatable bonds is 3. The summed E-state index contributed by atoms with van der Waals surface area (Å²) < 4.78 is 22.6. The molecule has 2 aromatic rings. The molecule has 0 fully saturated rings. The highest BCUT2D eigenvalue weighted by Gasteiger charge is 2.24. The maximum Gasteiger partial charge on any atom is 0.264 e. The average Bonchev–Trinajstić information content (AvgIpc) is 2.86. The van der Waals surface area contributed by atoms with E-state index in [1.807, 2.05) is 0 Å². The number of carbonyl (C=O) groups is 1. The van der Waals surface area contributed by atoms with Crippen LogP contribution in [0.5, 0.6) is 0 Å². The van der Waals surface area contributed by atoms with Gasteiger partial charge in [0.05, 0.1) is 11.8 Å². The van der Waals surface area contributed by atoms with Crippen molar-refractivity contribution in [3.05, 3.63) is 58.1 Å². The molecule has 23 heavy (non-hydrogen) atoms. The van der Waals surface area contributed by atoms with Gasteiger partial charge in [0.2, 0.25) is 0 Å². The summed E-state index contributed by atoms with van der Waals surface area (Å²) in [5.74, 6) is -0.566. The van der Waals surface area contributed by atoms with E-state index in [-0.39, 0.29) is 11.3 Å². The number of pyridine rings is 1. The molecule has 0 radical (unpaired) electrons. The van der Waals surface area contributed by atoms with E-state index in [2.05, 4.69) is 20.3 Å². The van der Waals surface area contributed by atoms with Crippen molar-refractivity contribution < 1.29 is 13.2 Å². The van der Waals surface area contributed by atoms with Gasteiger partial charge in [-0.05, 0) is 18.2 Å². The molecule has 1 atom stereocenters. The van der Waals surface area contributed by atoms with Crippen LogP contribution >= 0.6 is 0 Å². The highest BCUT2D eigenvalue weighted by molar-refractivity contribution is 7.94. The van der Waals surface area contributed by atoms with Crippen LogP contribution < -0.4 is 10.9 Å². The Kier molecular flexibility index (Phi) is 3.78. The van der Waals surface area contributed by atoms with Gasteiger partial charge in [-0.2, -0.15) is 0 Å². The van der Waals surface area contributed by atoms with Gasteiger partial charge < -0.3 is 10.3 Å². The largest absolute Gasteiger partial charge is 0.345 e. The maximum atomic E-state index is 12.1. The van der Waals surface area contributed by atoms with Crippen LogP contribution in [0, 0.1) is 0 Å². The topological polar surface area (TPSA) is 122 Å². The number of sulfone groups is 1. The van der Waals surface area contributed by atoms with Gasteiger partial charge in [-0.1, -0.05) is 0 Å². The second-order valence-corrected chi connectivity index (χ2v) is 6.88. The summed E-state index contributed by atoms with van der Waals surface area (Å²) in [7, 11) is -3.28. The van der Waals surface area contributed by atoms with Gasteiger partial charge >= 0.3 is 0 Å². The summed E-state index contributed by atoms with van der Waals surface area (Å²) in [5, 5.41) is 3.52. The first-order chi connectivity index (χ1) is 10.9. The van der Waals surface area contributed by atoms with Crippen molar-refractivity contribution >= 4 is 15.7 Å². The third-order valence-corrected chi connectivity index (χ3v) is 4.64. The quantitative estimate of drug-likeness (QED) is 0.807. The highest BCUT2D eigenvalue weighted by atomic mass is 32.2. The Balaban J connectivity index is 1.80. The fourth-order valence-corrected chi connectivity index (χ4v) is 3.36. The van der Waals surface area contributed by atoms with Crippen LogP contribution in [0.15, 0.2) is 47.0 Å². The molecule has 0 saturated carbocycles. The molecule has 0 saturated heterocycles. The van der Waals surface area contributed by atoms with Crippen LogP contribution in [0.2, 0.25) is 0 Å². The van der Waals surface area contributed by atoms with Crippen molar-refractivity contribution in [3.63, 3.8) is 0 Å². The molecule has 0 bridgehead atoms. The second-order valence-electron chi connectivity index (χ2n) is 4.95. The van der Waals surface area contributed by atoms with Crippen molar-refractivity contribution in [1.29, 1.82) is 0 Å². The molecular formula is C14H12N4O4S. The number of carbonyl (C=O) groups excluding carboxylic acids is 1. The molecule has 118 valence electrons. The van der Waals surface area contributed by atoms with Gasteiger partial charge in [0.25, 0.3) is 11.5 Å². The van der Waals surface area contributed by atoms with Crippen molar-refractivity contribution in [1.82, 2.24) is 20.3 Å². The predicted octanol–water partition coefficient (Wildman–Crippen LogP) is -0.128. The number of aromatic amines is 1. The Morgan fingerprint density at radius 2 is 2.04 bits per heavy atom. The number of hydrogen-bond donors (Lipinski definition) is 2. The lowest BCUT2D eigenvalue weighted by molar-refractivity contribution is 0.0946. The fourth-order valence-electron chi connectivity index (χ4n) is 2.12. The lowest BCUT2D eigenvalue weighted by atomic mass is 10.2. The zero-order valence-corrected chi connectivity index (χ0v) is 12.6. The molecule has 0 spiro atoms. The van der Waals surface area contributed by atoms with Crippen LogP contribution in [-0.4, -0.2) is 41.1 Å². The van der Waals surface area contributed by atoms with E-state index in [9.17, 15) is 18.0 Å². The molecule has 2 N–H and O–H groups in total. The summed E-state index contributed by atoms with van der Waals surface area (Å²) in [6, 6.07) is 2.70. The first-order valence-corrected chi connectivity index (χ1v) is 8.38. The van der Waals surface area contributed by atoms with Gasteiger partial charge in [-0.3, -0.25) is 14.6 Å². The number of nitrogens with one attached hydrogen (secondary N) is 2. The summed E-state index contributed by atoms with van der Waals surface area (Å²) in [6.07, 6.45) is 5.66. The van der Waals surface area contributed by atoms with Gasteiger partial charge in [0, 0.05) is 29.6 Å². The molecule has 9 heteroatoms. The minimum Gasteiger partial charge on any atom is -0.345 e. The molecule has 3 rings (SSSR count). The third kappa shape index (κ3) is 3.34. The van der Waals surface area contributed by atoms with Crippen LogP contribution in [0.3, 0.4) is 0 Å². The molecule has 8 nitrogen and oxygen atoms in total. The number of H-pyrrole nitrogens is 1. The van der Waals surface area contributed by atoms with Gasteiger partial charge in [0.1, 0.15) is 11.4 Å². The van der Waals surface area contributed by atoms with Crippen LogP contribution in [0.4, 0.5) is 0 Å². The molecule has 1 aliphatic heterocycles. The van der Waals surface area contributed by atoms with Gasteiger partial charge in [-0.15, -0.1) is 0 Å². The Bertz CT molecular complexity index is 935. The lowest BCUT2D eigenvalue weighted by Gasteiger charge is -2.09. The lowest BCUT2D eigenvalue weighted by Crippen LogP contribution is -2.38. The fraction of sp³-hybridized carbons (Fsp3) is 0.143. The molecule has 3 heterocycles. The number of amides is 1. The normalized spacial score (nSPS) is 18.7. The van der Waals surface area contributed by atoms with Crippen LogP contribution in [-0.2, 0) is 9.84 Å². The maximum absolute atomic E-state index is 12.1. The van der Waals surface area contributed by atoms with Crippen LogP contribution in [0.25, 0.3) is 11.4 Å². The Morgan fingerprint density at radius 1 is 1.30 bits per heavy atom. The number of hydrogen-bond acceptors (Lipinski definition) is 6. The van der Waals surface area contributed by atoms with E-state index in [4.69, 9.17) is 0 Å². The third-order valence-electron chi connectivity index (χ3n) is 3.24. The molecule has 1 amide bonds. The molecule has 0 unspecified atom stereocenters. The molecule has 0 aliphatic carbocycles. The first kappa shape index (κ1) is 15.1. The Labute approximate surface area is 131 Å². The number of aromatic nitrogens is 3. The van der Waals surface area contributed by atoms with E-state index in [1.54, 1.807) is 24.5 Å². The molecule has 2 aromatic heterocycles. The van der Waals surface area contributed by atoms with E-state index in [0.717, 1.165) is 11.6 Å². The Hall–Kier alpha value is -2.81. The summed E-state index contributed by atoms with van der Waals surface area (Å²) in [6.45, 7) is 0. The van der Waals surface area contributed by atoms with Crippen LogP contribution in [0.1, 0.15) is 10.4 Å². The molecular weight excluding hydrogens is 320 g/mol. The number of nitrogens with zero attached hydrogens (tertiary/aromatic N) is 2. The van der Waals surface area contributed by atoms with E-state index < -0.39 is 27.3 Å². The smallest absolute Gasteiger partial charge is 0.264 e. The van der Waals surface area contributed by atoms with Gasteiger partial charge in [-0.25, -0.2) is 13.4 Å². The van der Waals surface area contributed by atoms with Crippen molar-refractivity contribution in [2.45, 2.75) is 6.04 Å². The first-order valence-electron chi connectivity index (χ1n) is 6.66. The van der Waals surface area contributed by atoms with Crippen molar-refractivity contribution in [3.8, 4) is 11.4 Å². The molecule has 1 aliphatic rings. The summed E-state index contributed by atoms with van der Waals surface area (Å²) in [4.78, 5) is 34.6. The van der Waals surface area contributed by atoms with E-state index in [0.29, 0.717) is 11.4 Å². The van der Waals surface area contributed by atoms with Crippen molar-refractivity contribution in [2.75, 3.05) is 5.75 Å². The summed E-state index contributed by atoms with van der Waals surface area (Å²) in [5.41, 5.74) is -0.122. The van der Waals surface area contributed by atoms with Crippen molar-refractivity contribution in [2.24, 2.45) is 0 Å². The monoisotopic (exact) mass is 332 g/mol. The zero-order valence-electron chi connectivity index (χ0n) is 11.8.